The Labute approximate surface area is 127 Å². The van der Waals surface area contributed by atoms with Gasteiger partial charge in [-0.3, -0.25) is 29.4 Å². The maximum absolute atomic E-state index is 12.5. The molecule has 0 aliphatic carbocycles. The van der Waals surface area contributed by atoms with E-state index in [9.17, 15) is 24.0 Å². The Balaban J connectivity index is 1.79. The topological polar surface area (TPSA) is 132 Å². The smallest absolute Gasteiger partial charge is 0.306 e. The van der Waals surface area contributed by atoms with Gasteiger partial charge in [-0.2, -0.15) is 0 Å². The minimum absolute atomic E-state index is 0.0674. The molecule has 1 aromatic carbocycles. The van der Waals surface area contributed by atoms with Crippen molar-refractivity contribution in [2.45, 2.75) is 18.9 Å². The van der Waals surface area contributed by atoms with Gasteiger partial charge < -0.3 is 9.97 Å². The van der Waals surface area contributed by atoms with Gasteiger partial charge in [0.2, 0.25) is 11.8 Å². The van der Waals surface area contributed by atoms with Gasteiger partial charge in [-0.1, -0.05) is 0 Å². The number of nitrogens with one attached hydrogen (secondary N) is 3. The molecule has 1 unspecified atom stereocenters. The molecule has 1 atom stereocenters. The van der Waals surface area contributed by atoms with Gasteiger partial charge in [0.05, 0.1) is 22.2 Å². The van der Waals surface area contributed by atoms with Crippen molar-refractivity contribution >= 4 is 34.7 Å². The SMILES string of the molecule is O=C1CCC(N2C(=O)c3cc4[nH]c(=O)[nH]c4cc3C2=O)C(=O)N1. The van der Waals surface area contributed by atoms with Crippen molar-refractivity contribution in [1.82, 2.24) is 20.2 Å². The van der Waals surface area contributed by atoms with Crippen molar-refractivity contribution in [2.24, 2.45) is 0 Å². The van der Waals surface area contributed by atoms with Crippen molar-refractivity contribution < 1.29 is 19.2 Å². The number of carbonyl (C=O) groups is 4. The standard InChI is InChI=1S/C14H10N4O5/c19-10-2-1-9(11(20)17-10)18-12(21)5-3-7-8(16-14(23)15-7)4-6(5)13(18)22/h3-4,9H,1-2H2,(H2,15,16,23)(H,17,19,20). The van der Waals surface area contributed by atoms with Gasteiger partial charge in [0, 0.05) is 6.42 Å². The molecule has 116 valence electrons. The van der Waals surface area contributed by atoms with Crippen LogP contribution in [0.15, 0.2) is 16.9 Å². The van der Waals surface area contributed by atoms with E-state index in [1.54, 1.807) is 0 Å². The largest absolute Gasteiger partial charge is 0.323 e. The van der Waals surface area contributed by atoms with E-state index in [1.807, 2.05) is 0 Å². The van der Waals surface area contributed by atoms with Crippen LogP contribution in [0, 0.1) is 0 Å². The lowest BCUT2D eigenvalue weighted by Gasteiger charge is -2.27. The van der Waals surface area contributed by atoms with Crippen LogP contribution in [0.25, 0.3) is 11.0 Å². The summed E-state index contributed by atoms with van der Waals surface area (Å²) in [6.45, 7) is 0. The van der Waals surface area contributed by atoms with Crippen LogP contribution < -0.4 is 11.0 Å². The molecule has 0 bridgehead atoms. The zero-order valence-electron chi connectivity index (χ0n) is 11.6. The normalized spacial score (nSPS) is 21.0. The molecule has 3 heterocycles. The first-order valence-corrected chi connectivity index (χ1v) is 6.93. The van der Waals surface area contributed by atoms with Crippen LogP contribution in [-0.4, -0.2) is 44.5 Å². The Morgan fingerprint density at radius 3 is 2.00 bits per heavy atom. The van der Waals surface area contributed by atoms with Gasteiger partial charge in [-0.15, -0.1) is 0 Å². The monoisotopic (exact) mass is 314 g/mol. The van der Waals surface area contributed by atoms with Crippen LogP contribution in [0.5, 0.6) is 0 Å². The van der Waals surface area contributed by atoms with Gasteiger partial charge in [0.25, 0.3) is 11.8 Å². The average Bonchev–Trinajstić information content (AvgIpc) is 2.96. The number of fused-ring (bicyclic) bond motifs is 2. The van der Waals surface area contributed by atoms with E-state index in [0.717, 1.165) is 4.90 Å². The fraction of sp³-hybridized carbons (Fsp3) is 0.214. The maximum Gasteiger partial charge on any atom is 0.323 e. The van der Waals surface area contributed by atoms with E-state index in [2.05, 4.69) is 15.3 Å². The lowest BCUT2D eigenvalue weighted by atomic mass is 10.0. The number of carbonyl (C=O) groups excluding carboxylic acids is 4. The second kappa shape index (κ2) is 4.38. The molecule has 1 aromatic heterocycles. The van der Waals surface area contributed by atoms with Crippen LogP contribution >= 0.6 is 0 Å². The van der Waals surface area contributed by atoms with E-state index >= 15 is 0 Å². The quantitative estimate of drug-likeness (QED) is 0.596. The van der Waals surface area contributed by atoms with Crippen LogP contribution in [-0.2, 0) is 9.59 Å². The minimum Gasteiger partial charge on any atom is -0.306 e. The Morgan fingerprint density at radius 1 is 0.913 bits per heavy atom. The van der Waals surface area contributed by atoms with Gasteiger partial charge in [0.1, 0.15) is 6.04 Å². The van der Waals surface area contributed by atoms with E-state index in [-0.39, 0.29) is 24.0 Å². The van der Waals surface area contributed by atoms with Gasteiger partial charge in [-0.25, -0.2) is 4.79 Å². The number of H-pyrrole nitrogens is 2. The second-order valence-electron chi connectivity index (χ2n) is 5.47. The predicted molar refractivity (Wildman–Crippen MR) is 75.6 cm³/mol. The number of hydrogen-bond donors (Lipinski definition) is 3. The summed E-state index contributed by atoms with van der Waals surface area (Å²) in [6, 6.07) is 1.82. The summed E-state index contributed by atoms with van der Waals surface area (Å²) in [5.41, 5.74) is 0.621. The molecule has 3 N–H and O–H groups in total. The summed E-state index contributed by atoms with van der Waals surface area (Å²) >= 11 is 0. The van der Waals surface area contributed by atoms with Gasteiger partial charge in [0.15, 0.2) is 0 Å². The molecule has 4 amide bonds. The molecule has 1 saturated heterocycles. The van der Waals surface area contributed by atoms with Gasteiger partial charge in [-0.05, 0) is 18.6 Å². The van der Waals surface area contributed by atoms with Crippen molar-refractivity contribution in [3.8, 4) is 0 Å². The zero-order chi connectivity index (χ0) is 16.3. The molecular weight excluding hydrogens is 304 g/mol. The molecular formula is C14H10N4O5. The third-order valence-corrected chi connectivity index (χ3v) is 4.07. The van der Waals surface area contributed by atoms with E-state index in [1.165, 1.54) is 12.1 Å². The van der Waals surface area contributed by atoms with Gasteiger partial charge >= 0.3 is 5.69 Å². The number of imidazole rings is 1. The third-order valence-electron chi connectivity index (χ3n) is 4.07. The first-order chi connectivity index (χ1) is 11.0. The van der Waals surface area contributed by atoms with Crippen molar-refractivity contribution in [2.75, 3.05) is 0 Å². The van der Waals surface area contributed by atoms with Crippen molar-refractivity contribution in [3.05, 3.63) is 33.7 Å². The highest BCUT2D eigenvalue weighted by Crippen LogP contribution is 2.29. The van der Waals surface area contributed by atoms with E-state index in [4.69, 9.17) is 0 Å². The summed E-state index contributed by atoms with van der Waals surface area (Å²) in [5, 5.41) is 2.13. The summed E-state index contributed by atoms with van der Waals surface area (Å²) in [6.07, 6.45) is 0.169. The average molecular weight is 314 g/mol. The Kier molecular flexibility index (Phi) is 2.56. The number of piperidine rings is 1. The number of nitrogens with zero attached hydrogens (tertiary/aromatic N) is 1. The molecule has 4 rings (SSSR count). The molecule has 0 radical (unpaired) electrons. The minimum atomic E-state index is -1.00. The summed E-state index contributed by atoms with van der Waals surface area (Å²) in [4.78, 5) is 65.4. The summed E-state index contributed by atoms with van der Waals surface area (Å²) in [7, 11) is 0. The zero-order valence-corrected chi connectivity index (χ0v) is 11.6. The second-order valence-corrected chi connectivity index (χ2v) is 5.47. The number of aromatic nitrogens is 2. The third kappa shape index (κ3) is 1.83. The Bertz CT molecular complexity index is 913. The molecule has 0 saturated carbocycles. The van der Waals surface area contributed by atoms with Crippen LogP contribution in [0.4, 0.5) is 0 Å². The molecule has 9 heteroatoms. The fourth-order valence-electron chi connectivity index (χ4n) is 3.00. The highest BCUT2D eigenvalue weighted by Gasteiger charge is 2.44. The number of hydrogen-bond acceptors (Lipinski definition) is 5. The van der Waals surface area contributed by atoms with E-state index < -0.39 is 35.4 Å². The fourth-order valence-corrected chi connectivity index (χ4v) is 3.00. The summed E-state index contributed by atoms with van der Waals surface area (Å²) in [5.74, 6) is -2.30. The number of rotatable bonds is 1. The molecule has 1 fully saturated rings. The molecule has 23 heavy (non-hydrogen) atoms. The predicted octanol–water partition coefficient (Wildman–Crippen LogP) is -0.743. The van der Waals surface area contributed by atoms with E-state index in [0.29, 0.717) is 11.0 Å². The molecule has 2 aromatic rings. The number of amides is 4. The van der Waals surface area contributed by atoms with Crippen molar-refractivity contribution in [1.29, 1.82) is 0 Å². The molecule has 2 aliphatic heterocycles. The highest BCUT2D eigenvalue weighted by molar-refractivity contribution is 6.24. The lowest BCUT2D eigenvalue weighted by Crippen LogP contribution is -2.54. The van der Waals surface area contributed by atoms with Crippen LogP contribution in [0.3, 0.4) is 0 Å². The number of benzene rings is 1. The highest BCUT2D eigenvalue weighted by atomic mass is 16.2. The Hall–Kier alpha value is -3.23. The number of aromatic amines is 2. The molecule has 0 spiro atoms. The maximum atomic E-state index is 12.5. The molecule has 9 nitrogen and oxygen atoms in total. The van der Waals surface area contributed by atoms with Crippen LogP contribution in [0.1, 0.15) is 33.6 Å². The lowest BCUT2D eigenvalue weighted by molar-refractivity contribution is -0.136. The number of imide groups is 2. The molecule has 2 aliphatic rings. The first kappa shape index (κ1) is 13.4. The van der Waals surface area contributed by atoms with Crippen LogP contribution in [0.2, 0.25) is 0 Å². The summed E-state index contributed by atoms with van der Waals surface area (Å²) < 4.78 is 0. The Morgan fingerprint density at radius 2 is 1.48 bits per heavy atom. The van der Waals surface area contributed by atoms with Crippen molar-refractivity contribution in [3.63, 3.8) is 0 Å². The first-order valence-electron chi connectivity index (χ1n) is 6.93.